The maximum Gasteiger partial charge on any atom is 0.268 e. The molecule has 0 fully saturated rings. The van der Waals surface area contributed by atoms with Gasteiger partial charge in [-0.2, -0.15) is 0 Å². The zero-order chi connectivity index (χ0) is 58.4. The Morgan fingerprint density at radius 2 is 0.762 bits per heavy atom. The van der Waals surface area contributed by atoms with Crippen molar-refractivity contribution in [1.29, 1.82) is 0 Å². The number of nitrogens with one attached hydrogen (secondary N) is 1. The lowest BCUT2D eigenvalue weighted by Gasteiger charge is -2.30. The highest BCUT2D eigenvalue weighted by atomic mass is 31.2. The summed E-state index contributed by atoms with van der Waals surface area (Å²) < 4.78 is 23.5. The van der Waals surface area contributed by atoms with E-state index in [0.29, 0.717) is 23.9 Å². The van der Waals surface area contributed by atoms with E-state index >= 15 is 0 Å². The number of likely N-dealkylation sites (N-methyl/N-ethyl adjacent to an activating group) is 1. The number of carbonyl (C=O) groups excluding carboxylic acids is 1. The van der Waals surface area contributed by atoms with Gasteiger partial charge in [0.2, 0.25) is 5.91 Å². The summed E-state index contributed by atoms with van der Waals surface area (Å²) in [5.41, 5.74) is 0. The number of rotatable bonds is 60. The molecule has 3 unspecified atom stereocenters. The molecule has 9 heteroatoms. The molecule has 0 aromatic heterocycles. The van der Waals surface area contributed by atoms with Crippen molar-refractivity contribution in [3.05, 3.63) is 109 Å². The Morgan fingerprint density at radius 3 is 1.11 bits per heavy atom. The fraction of sp³-hybridized carbons (Fsp3) is 0.732. The van der Waals surface area contributed by atoms with E-state index in [9.17, 15) is 19.4 Å². The molecule has 80 heavy (non-hydrogen) atoms. The number of hydrogen-bond acceptors (Lipinski definition) is 6. The molecule has 0 saturated carbocycles. The Bertz CT molecular complexity index is 1670. The fourth-order valence-corrected chi connectivity index (χ4v) is 10.1. The van der Waals surface area contributed by atoms with E-state index in [2.05, 4.69) is 129 Å². The van der Waals surface area contributed by atoms with Crippen LogP contribution in [0.1, 0.15) is 284 Å². The van der Waals surface area contributed by atoms with E-state index in [0.717, 1.165) is 96.3 Å². The van der Waals surface area contributed by atoms with Gasteiger partial charge in [-0.05, 0) is 83.5 Å². The summed E-state index contributed by atoms with van der Waals surface area (Å²) in [5.74, 6) is -0.167. The summed E-state index contributed by atoms with van der Waals surface area (Å²) in [6, 6.07) is -0.807. The first-order valence-electron chi connectivity index (χ1n) is 33.2. The molecule has 0 aliphatic heterocycles. The van der Waals surface area contributed by atoms with Gasteiger partial charge in [0.15, 0.2) is 0 Å². The monoisotopic (exact) mass is 1130 g/mol. The second-order valence-corrected chi connectivity index (χ2v) is 24.9. The van der Waals surface area contributed by atoms with Gasteiger partial charge < -0.3 is 28.8 Å². The fourth-order valence-electron chi connectivity index (χ4n) is 9.39. The second kappa shape index (κ2) is 60.7. The van der Waals surface area contributed by atoms with Crippen LogP contribution in [0.5, 0.6) is 0 Å². The maximum absolute atomic E-state index is 13.0. The van der Waals surface area contributed by atoms with Crippen molar-refractivity contribution in [3.63, 3.8) is 0 Å². The zero-order valence-electron chi connectivity index (χ0n) is 52.7. The predicted molar refractivity (Wildman–Crippen MR) is 348 cm³/mol. The average molecular weight is 1140 g/mol. The van der Waals surface area contributed by atoms with Crippen molar-refractivity contribution < 1.29 is 32.9 Å². The molecule has 0 aliphatic rings. The smallest absolute Gasteiger partial charge is 0.268 e. The molecular formula is C71H127N2O6P. The number of aliphatic hydroxyl groups is 1. The molecule has 8 nitrogen and oxygen atoms in total. The van der Waals surface area contributed by atoms with Crippen molar-refractivity contribution in [2.75, 3.05) is 40.9 Å². The number of allylic oxidation sites excluding steroid dienone is 18. The third-order valence-electron chi connectivity index (χ3n) is 14.5. The third-order valence-corrected chi connectivity index (χ3v) is 15.5. The predicted octanol–water partition coefficient (Wildman–Crippen LogP) is 20.5. The lowest BCUT2D eigenvalue weighted by atomic mass is 10.0. The lowest BCUT2D eigenvalue weighted by molar-refractivity contribution is -0.870. The Kier molecular flexibility index (Phi) is 58.6. The Labute approximate surface area is 495 Å². The van der Waals surface area contributed by atoms with Crippen LogP contribution in [0, 0.1) is 0 Å². The molecule has 1 amide bonds. The van der Waals surface area contributed by atoms with E-state index in [1.54, 1.807) is 0 Å². The van der Waals surface area contributed by atoms with Gasteiger partial charge in [0.1, 0.15) is 13.2 Å². The normalized spacial score (nSPS) is 14.4. The van der Waals surface area contributed by atoms with Crippen LogP contribution in [0.3, 0.4) is 0 Å². The van der Waals surface area contributed by atoms with Crippen LogP contribution < -0.4 is 10.2 Å². The van der Waals surface area contributed by atoms with Gasteiger partial charge in [-0.1, -0.05) is 303 Å². The number of phosphoric ester groups is 1. The SMILES string of the molecule is CC/C=C\C/C=C\C/C=C\C/C=C\C/C=C\C/C=C\C/C=C\C/C=C\C/C=C\CCCCCCCCCCCCCCCC(=O)NC(COP(=O)([O-])OCC[N+](C)(C)C)C(O)CCCCCCCCCCCCCCCCCCC. The van der Waals surface area contributed by atoms with Gasteiger partial charge >= 0.3 is 0 Å². The zero-order valence-corrected chi connectivity index (χ0v) is 53.6. The Balaban J connectivity index is 4.02. The van der Waals surface area contributed by atoms with Crippen molar-refractivity contribution in [2.45, 2.75) is 296 Å². The Morgan fingerprint density at radius 1 is 0.450 bits per heavy atom. The first kappa shape index (κ1) is 77.2. The molecule has 3 atom stereocenters. The van der Waals surface area contributed by atoms with Gasteiger partial charge in [0.25, 0.3) is 7.82 Å². The topological polar surface area (TPSA) is 108 Å². The number of carbonyl (C=O) groups is 1. The molecule has 462 valence electrons. The Hall–Kier alpha value is -2.84. The number of unbranched alkanes of at least 4 members (excludes halogenated alkanes) is 29. The van der Waals surface area contributed by atoms with Gasteiger partial charge in [-0.25, -0.2) is 0 Å². The van der Waals surface area contributed by atoms with Gasteiger partial charge in [-0.3, -0.25) is 9.36 Å². The second-order valence-electron chi connectivity index (χ2n) is 23.4. The van der Waals surface area contributed by atoms with Gasteiger partial charge in [0, 0.05) is 6.42 Å². The van der Waals surface area contributed by atoms with Crippen molar-refractivity contribution >= 4 is 13.7 Å². The van der Waals surface area contributed by atoms with Crippen molar-refractivity contribution in [3.8, 4) is 0 Å². The largest absolute Gasteiger partial charge is 0.756 e. The highest BCUT2D eigenvalue weighted by Crippen LogP contribution is 2.38. The number of amides is 1. The minimum atomic E-state index is -4.58. The summed E-state index contributed by atoms with van der Waals surface area (Å²) >= 11 is 0. The van der Waals surface area contributed by atoms with Gasteiger partial charge in [0.05, 0.1) is 39.9 Å². The van der Waals surface area contributed by atoms with Crippen LogP contribution in [0.25, 0.3) is 0 Å². The molecule has 0 heterocycles. The molecule has 0 aromatic carbocycles. The van der Waals surface area contributed by atoms with Gasteiger partial charge in [-0.15, -0.1) is 0 Å². The van der Waals surface area contributed by atoms with Crippen molar-refractivity contribution in [2.24, 2.45) is 0 Å². The lowest BCUT2D eigenvalue weighted by Crippen LogP contribution is -2.46. The highest BCUT2D eigenvalue weighted by Gasteiger charge is 2.24. The standard InChI is InChI=1S/C71H127N2O6P/c1-6-8-10-12-14-16-18-20-22-24-25-26-27-28-29-30-31-32-33-34-35-36-37-38-39-40-41-42-43-44-45-46-47-49-51-53-55-57-59-61-63-65-71(75)72-69(68-79-80(76,77)78-67-66-73(3,4)5)70(74)64-62-60-58-56-54-52-50-48-23-21-19-17-15-13-11-9-7-2/h8,10,14,16,20,22,25-26,28-29,31-32,34-35,37-38,40-41,69-70,74H,6-7,9,11-13,15,17-19,21,23-24,27,30,33,36,39,42-68H2,1-5H3,(H-,72,75,76,77)/b10-8-,16-14-,22-20-,26-25-,29-28-,32-31-,35-34-,38-37-,41-40-. The summed E-state index contributed by atoms with van der Waals surface area (Å²) in [5, 5.41) is 14.0. The molecule has 0 spiro atoms. The van der Waals surface area contributed by atoms with E-state index in [1.165, 1.54) is 161 Å². The number of phosphoric acid groups is 1. The van der Waals surface area contributed by atoms with Crippen LogP contribution >= 0.6 is 7.82 Å². The molecule has 0 aromatic rings. The number of hydrogen-bond donors (Lipinski definition) is 2. The number of aliphatic hydroxyl groups excluding tert-OH is 1. The van der Waals surface area contributed by atoms with E-state index < -0.39 is 20.0 Å². The molecular weight excluding hydrogens is 1010 g/mol. The maximum atomic E-state index is 13.0. The van der Waals surface area contributed by atoms with E-state index in [-0.39, 0.29) is 19.1 Å². The minimum absolute atomic E-state index is 0.00897. The summed E-state index contributed by atoms with van der Waals surface area (Å²) in [7, 11) is 1.30. The van der Waals surface area contributed by atoms with E-state index in [4.69, 9.17) is 9.05 Å². The van der Waals surface area contributed by atoms with Crippen LogP contribution in [-0.4, -0.2) is 68.5 Å². The molecule has 0 bridgehead atoms. The summed E-state index contributed by atoms with van der Waals surface area (Å²) in [6.07, 6.45) is 88.6. The third kappa shape index (κ3) is 62.8. The number of nitrogens with zero attached hydrogens (tertiary/aromatic N) is 1. The number of quaternary nitrogens is 1. The molecule has 0 radical (unpaired) electrons. The van der Waals surface area contributed by atoms with Crippen LogP contribution in [0.2, 0.25) is 0 Å². The van der Waals surface area contributed by atoms with Crippen molar-refractivity contribution in [1.82, 2.24) is 5.32 Å². The average Bonchev–Trinajstić information content (AvgIpc) is 3.42. The first-order chi connectivity index (χ1) is 39.0. The first-order valence-corrected chi connectivity index (χ1v) is 34.7. The summed E-state index contributed by atoms with van der Waals surface area (Å²) in [6.45, 7) is 4.62. The van der Waals surface area contributed by atoms with Crippen LogP contribution in [-0.2, 0) is 18.4 Å². The molecule has 0 aliphatic carbocycles. The van der Waals surface area contributed by atoms with E-state index in [1.807, 2.05) is 21.1 Å². The van der Waals surface area contributed by atoms with Crippen LogP contribution in [0.4, 0.5) is 0 Å². The van der Waals surface area contributed by atoms with Crippen LogP contribution in [0.15, 0.2) is 109 Å². The minimum Gasteiger partial charge on any atom is -0.756 e. The quantitative estimate of drug-likeness (QED) is 0.0272. The molecule has 2 N–H and O–H groups in total. The molecule has 0 rings (SSSR count). The highest BCUT2D eigenvalue weighted by molar-refractivity contribution is 7.45. The summed E-state index contributed by atoms with van der Waals surface area (Å²) in [4.78, 5) is 25.6. The molecule has 0 saturated heterocycles.